The smallest absolute Gasteiger partial charge is 0.390 e. The third-order valence-electron chi connectivity index (χ3n) is 7.69. The molecule has 2 saturated carbocycles. The summed E-state index contributed by atoms with van der Waals surface area (Å²) in [6.07, 6.45) is -6.08. The Morgan fingerprint density at radius 2 is 1.79 bits per heavy atom. The number of nitrogens with one attached hydrogen (secondary N) is 2. The van der Waals surface area contributed by atoms with Crippen LogP contribution in [0.3, 0.4) is 0 Å². The van der Waals surface area contributed by atoms with Crippen LogP contribution in [-0.2, 0) is 11.0 Å². The highest BCUT2D eigenvalue weighted by molar-refractivity contribution is 7.99. The summed E-state index contributed by atoms with van der Waals surface area (Å²) >= 11 is 1.07. The lowest BCUT2D eigenvalue weighted by Gasteiger charge is -2.17. The highest BCUT2D eigenvalue weighted by atomic mass is 32.2. The summed E-state index contributed by atoms with van der Waals surface area (Å²) in [4.78, 5) is 22.3. The van der Waals surface area contributed by atoms with Gasteiger partial charge < -0.3 is 20.8 Å². The van der Waals surface area contributed by atoms with Gasteiger partial charge in [0.25, 0.3) is 0 Å². The fraction of sp³-hybridized carbons (Fsp3) is 0.393. The average Bonchev–Trinajstić information content (AvgIpc) is 3.51. The summed E-state index contributed by atoms with van der Waals surface area (Å²) in [5.74, 6) is -0.547. The Hall–Kier alpha value is -3.75. The van der Waals surface area contributed by atoms with Crippen LogP contribution in [0.2, 0.25) is 0 Å². The van der Waals surface area contributed by atoms with Gasteiger partial charge in [0.2, 0.25) is 5.91 Å². The zero-order valence-corrected chi connectivity index (χ0v) is 23.2. The van der Waals surface area contributed by atoms with Gasteiger partial charge in [-0.15, -0.1) is 5.10 Å². The van der Waals surface area contributed by atoms with E-state index in [9.17, 15) is 28.2 Å². The van der Waals surface area contributed by atoms with Gasteiger partial charge in [0.15, 0.2) is 22.1 Å². The molecule has 0 saturated heterocycles. The molecule has 220 valence electrons. The van der Waals surface area contributed by atoms with Crippen molar-refractivity contribution >= 4 is 34.7 Å². The summed E-state index contributed by atoms with van der Waals surface area (Å²) in [7, 11) is 0. The first-order valence-electron chi connectivity index (χ1n) is 13.6. The number of benzene rings is 2. The van der Waals surface area contributed by atoms with E-state index in [0.29, 0.717) is 22.8 Å². The largest absolute Gasteiger partial charge is 0.416 e. The number of halogens is 3. The molecule has 4 N–H and O–H groups in total. The lowest BCUT2D eigenvalue weighted by atomic mass is 10.0. The molecular weight excluding hydrogens is 571 g/mol. The van der Waals surface area contributed by atoms with E-state index in [2.05, 4.69) is 43.0 Å². The van der Waals surface area contributed by atoms with Gasteiger partial charge in [-0.2, -0.15) is 13.2 Å². The van der Waals surface area contributed by atoms with Gasteiger partial charge in [-0.3, -0.25) is 4.79 Å². The lowest BCUT2D eigenvalue weighted by molar-refractivity contribution is -0.137. The monoisotopic (exact) mass is 599 g/mol. The molecule has 2 aliphatic carbocycles. The summed E-state index contributed by atoms with van der Waals surface area (Å²) < 4.78 is 40.6. The number of nitrogens with zero attached hydrogens (tertiary/aromatic N) is 5. The van der Waals surface area contributed by atoms with Crippen LogP contribution in [-0.4, -0.2) is 65.9 Å². The molecule has 2 fully saturated rings. The minimum absolute atomic E-state index is 0.0700. The van der Waals surface area contributed by atoms with E-state index in [4.69, 9.17) is 0 Å². The average molecular weight is 600 g/mol. The van der Waals surface area contributed by atoms with Crippen LogP contribution >= 0.6 is 11.8 Å². The van der Waals surface area contributed by atoms with Crippen molar-refractivity contribution in [3.63, 3.8) is 0 Å². The highest BCUT2D eigenvalue weighted by Gasteiger charge is 2.47. The van der Waals surface area contributed by atoms with Gasteiger partial charge in [-0.1, -0.05) is 35.5 Å². The molecule has 2 heterocycles. The second-order valence-corrected chi connectivity index (χ2v) is 11.5. The number of rotatable bonds is 8. The van der Waals surface area contributed by atoms with E-state index in [0.717, 1.165) is 30.3 Å². The van der Waals surface area contributed by atoms with Gasteiger partial charge in [0.05, 0.1) is 23.6 Å². The van der Waals surface area contributed by atoms with Crippen molar-refractivity contribution in [2.24, 2.45) is 5.92 Å². The predicted molar refractivity (Wildman–Crippen MR) is 148 cm³/mol. The second kappa shape index (κ2) is 11.2. The first-order valence-corrected chi connectivity index (χ1v) is 14.4. The van der Waals surface area contributed by atoms with Gasteiger partial charge in [0, 0.05) is 23.4 Å². The van der Waals surface area contributed by atoms with Gasteiger partial charge in [0.1, 0.15) is 6.10 Å². The molecule has 6 unspecified atom stereocenters. The van der Waals surface area contributed by atoms with Crippen LogP contribution in [0.4, 0.5) is 19.0 Å². The Morgan fingerprint density at radius 3 is 2.48 bits per heavy atom. The number of aliphatic hydroxyl groups excluding tert-OH is 2. The maximum atomic E-state index is 13.1. The predicted octanol–water partition coefficient (Wildman–Crippen LogP) is 3.78. The quantitative estimate of drug-likeness (QED) is 0.223. The van der Waals surface area contributed by atoms with E-state index in [1.54, 1.807) is 6.92 Å². The molecule has 10 nitrogen and oxygen atoms in total. The third-order valence-corrected chi connectivity index (χ3v) is 8.56. The highest BCUT2D eigenvalue weighted by Crippen LogP contribution is 2.44. The van der Waals surface area contributed by atoms with Gasteiger partial charge >= 0.3 is 6.18 Å². The summed E-state index contributed by atoms with van der Waals surface area (Å²) in [6.45, 7) is 2.15. The number of carbonyl (C=O) groups is 1. The topological polar surface area (TPSA) is 138 Å². The number of hydrogen-bond donors (Lipinski definition) is 4. The Kier molecular flexibility index (Phi) is 7.53. The number of aromatic nitrogens is 5. The second-order valence-electron chi connectivity index (χ2n) is 10.5. The number of amides is 1. The molecule has 2 aromatic heterocycles. The van der Waals surface area contributed by atoms with Crippen molar-refractivity contribution in [1.29, 1.82) is 0 Å². The standard InChI is InChI=1S/C28H28F3N7O3S/c1-2-32-26(41)18-13-20(23(40)22(18)39)38-25-21(36-37-38)24(33-19-12-17(19)14-6-4-3-5-7-14)34-27(35-25)42-16-10-8-15(9-11-16)28(29,30)31/h3-11,17-20,22-23,39-40H,2,12-13H2,1H3,(H,32,41)(H,33,34,35). The molecule has 0 bridgehead atoms. The SMILES string of the molecule is CCNC(=O)C1CC(n2nnc3c(NC4CC4c4ccccc4)nc(Sc4ccc(C(F)(F)F)cc4)nc32)C(O)C1O. The van der Waals surface area contributed by atoms with E-state index in [1.807, 2.05) is 18.2 Å². The molecule has 0 radical (unpaired) electrons. The molecule has 2 aromatic carbocycles. The molecule has 42 heavy (non-hydrogen) atoms. The Balaban J connectivity index is 1.34. The minimum Gasteiger partial charge on any atom is -0.390 e. The van der Waals surface area contributed by atoms with Gasteiger partial charge in [-0.05, 0) is 61.4 Å². The van der Waals surface area contributed by atoms with Crippen molar-refractivity contribution in [3.05, 3.63) is 65.7 Å². The molecular formula is C28H28F3N7O3S. The molecule has 1 amide bonds. The van der Waals surface area contributed by atoms with E-state index < -0.39 is 35.9 Å². The summed E-state index contributed by atoms with van der Waals surface area (Å²) in [5.41, 5.74) is 1.03. The Morgan fingerprint density at radius 1 is 1.05 bits per heavy atom. The minimum atomic E-state index is -4.45. The van der Waals surface area contributed by atoms with Crippen molar-refractivity contribution in [3.8, 4) is 0 Å². The zero-order chi connectivity index (χ0) is 29.6. The van der Waals surface area contributed by atoms with Crippen LogP contribution in [0.25, 0.3) is 11.2 Å². The van der Waals surface area contributed by atoms with Crippen LogP contribution < -0.4 is 10.6 Å². The number of anilines is 1. The number of hydrogen-bond acceptors (Lipinski definition) is 9. The summed E-state index contributed by atoms with van der Waals surface area (Å²) in [6, 6.07) is 14.0. The number of carbonyl (C=O) groups excluding carboxylic acids is 1. The Bertz CT molecular complexity index is 1590. The van der Waals surface area contributed by atoms with Gasteiger partial charge in [-0.25, -0.2) is 14.6 Å². The zero-order valence-electron chi connectivity index (χ0n) is 22.4. The summed E-state index contributed by atoms with van der Waals surface area (Å²) in [5, 5.41) is 36.4. The maximum Gasteiger partial charge on any atom is 0.416 e. The number of aliphatic hydroxyl groups is 2. The van der Waals surface area contributed by atoms with Crippen molar-refractivity contribution in [2.45, 2.75) is 66.2 Å². The first kappa shape index (κ1) is 28.4. The lowest BCUT2D eigenvalue weighted by Crippen LogP contribution is -2.38. The van der Waals surface area contributed by atoms with E-state index >= 15 is 0 Å². The fourth-order valence-corrected chi connectivity index (χ4v) is 6.16. The third kappa shape index (κ3) is 5.53. The van der Waals surface area contributed by atoms with Crippen LogP contribution in [0.15, 0.2) is 64.6 Å². The first-order chi connectivity index (χ1) is 20.1. The van der Waals surface area contributed by atoms with Crippen molar-refractivity contribution in [1.82, 2.24) is 30.3 Å². The molecule has 0 spiro atoms. The fourth-order valence-electron chi connectivity index (χ4n) is 5.41. The van der Waals surface area contributed by atoms with E-state index in [-0.39, 0.29) is 35.1 Å². The Labute approximate surface area is 242 Å². The maximum absolute atomic E-state index is 13.1. The molecule has 0 aliphatic heterocycles. The van der Waals surface area contributed by atoms with Crippen molar-refractivity contribution < 1.29 is 28.2 Å². The van der Waals surface area contributed by atoms with Crippen LogP contribution in [0.1, 0.15) is 42.9 Å². The number of fused-ring (bicyclic) bond motifs is 1. The van der Waals surface area contributed by atoms with Crippen LogP contribution in [0.5, 0.6) is 0 Å². The molecule has 14 heteroatoms. The van der Waals surface area contributed by atoms with Crippen LogP contribution in [0, 0.1) is 5.92 Å². The van der Waals surface area contributed by atoms with E-state index in [1.165, 1.54) is 22.4 Å². The molecule has 2 aliphatic rings. The molecule has 6 rings (SSSR count). The molecule has 4 aromatic rings. The number of alkyl halides is 3. The molecule has 6 atom stereocenters. The normalized spacial score (nSPS) is 25.5. The van der Waals surface area contributed by atoms with Crippen molar-refractivity contribution in [2.75, 3.05) is 11.9 Å².